The van der Waals surface area contributed by atoms with Crippen molar-refractivity contribution in [1.82, 2.24) is 4.90 Å². The van der Waals surface area contributed by atoms with Crippen molar-refractivity contribution >= 4 is 45.9 Å². The molecule has 5 heteroatoms. The molecule has 0 aliphatic carbocycles. The summed E-state index contributed by atoms with van der Waals surface area (Å²) in [7, 11) is 0. The summed E-state index contributed by atoms with van der Waals surface area (Å²) in [5.74, 6) is 0.0269. The predicted molar refractivity (Wildman–Crippen MR) is 163 cm³/mol. The maximum absolute atomic E-state index is 13.6. The Kier molecular flexibility index (Phi) is 7.57. The highest BCUT2D eigenvalue weighted by atomic mass is 32.2. The number of anilines is 1. The molecule has 0 aromatic heterocycles. The number of hydrogen-bond donors (Lipinski definition) is 0. The molecule has 2 aliphatic heterocycles. The van der Waals surface area contributed by atoms with E-state index in [2.05, 4.69) is 81.1 Å². The lowest BCUT2D eigenvalue weighted by Crippen LogP contribution is -2.44. The van der Waals surface area contributed by atoms with Crippen LogP contribution in [0.25, 0.3) is 11.6 Å². The van der Waals surface area contributed by atoms with Gasteiger partial charge in [0.2, 0.25) is 0 Å². The second-order valence-electron chi connectivity index (χ2n) is 10.4. The van der Waals surface area contributed by atoms with Gasteiger partial charge in [-0.1, -0.05) is 60.7 Å². The van der Waals surface area contributed by atoms with E-state index in [1.54, 1.807) is 0 Å². The quantitative estimate of drug-likeness (QED) is 0.296. The molecule has 3 aromatic rings. The number of thioether (sulfide) groups is 1. The second-order valence-corrected chi connectivity index (χ2v) is 11.4. The maximum Gasteiger partial charge on any atom is 0.266 e. The number of carbonyl (C=O) groups is 1. The van der Waals surface area contributed by atoms with Crippen LogP contribution in [0.15, 0.2) is 94.8 Å². The van der Waals surface area contributed by atoms with E-state index in [-0.39, 0.29) is 11.4 Å². The minimum atomic E-state index is -0.0217. The van der Waals surface area contributed by atoms with Crippen LogP contribution in [-0.4, -0.2) is 34.6 Å². The molecule has 1 fully saturated rings. The lowest BCUT2D eigenvalue weighted by Gasteiger charge is -2.42. The molecule has 1 amide bonds. The first-order valence-corrected chi connectivity index (χ1v) is 14.2. The van der Waals surface area contributed by atoms with Gasteiger partial charge in [0.1, 0.15) is 0 Å². The van der Waals surface area contributed by atoms with E-state index in [1.807, 2.05) is 47.4 Å². The number of para-hydroxylation sites is 1. The Bertz CT molecular complexity index is 1410. The van der Waals surface area contributed by atoms with Crippen LogP contribution >= 0.6 is 11.8 Å². The summed E-state index contributed by atoms with van der Waals surface area (Å²) in [6.07, 6.45) is 6.16. The third-order valence-electron chi connectivity index (χ3n) is 7.17. The minimum Gasteiger partial charge on any atom is -0.363 e. The summed E-state index contributed by atoms with van der Waals surface area (Å²) in [4.78, 5) is 23.5. The molecule has 0 bridgehead atoms. The molecule has 2 aliphatic rings. The van der Waals surface area contributed by atoms with E-state index in [9.17, 15) is 4.79 Å². The number of amides is 1. The SMILES string of the molecule is CCN1c2ccc(/C=C3/SC(=Nc4ccccc4)N(CCCc4ccccc4)C3=O)cc2C(C)=CC1(C)C. The van der Waals surface area contributed by atoms with Crippen molar-refractivity contribution in [2.24, 2.45) is 4.99 Å². The zero-order valence-corrected chi connectivity index (χ0v) is 23.5. The molecule has 1 saturated heterocycles. The van der Waals surface area contributed by atoms with Gasteiger partial charge in [0.15, 0.2) is 5.17 Å². The topological polar surface area (TPSA) is 35.9 Å². The standard InChI is InChI=1S/C33H35N3OS/c1-5-36-29-19-18-26(21-28(29)24(2)23-33(36,3)4)22-30-31(37)35(20-12-15-25-13-8-6-9-14-25)32(38-30)34-27-16-10-7-11-17-27/h6-11,13-14,16-19,21-23H,5,12,15,20H2,1-4H3/b30-22+,34-32?. The van der Waals surface area contributed by atoms with Gasteiger partial charge in [-0.3, -0.25) is 9.69 Å². The number of aliphatic imine (C=N–C) groups is 1. The van der Waals surface area contributed by atoms with E-state index >= 15 is 0 Å². The molecule has 0 radical (unpaired) electrons. The zero-order valence-electron chi connectivity index (χ0n) is 22.6. The zero-order chi connectivity index (χ0) is 26.7. The van der Waals surface area contributed by atoms with Crippen LogP contribution in [0.3, 0.4) is 0 Å². The van der Waals surface area contributed by atoms with Gasteiger partial charge in [0, 0.05) is 24.3 Å². The van der Waals surface area contributed by atoms with E-state index < -0.39 is 0 Å². The molecular weight excluding hydrogens is 486 g/mol. The largest absolute Gasteiger partial charge is 0.363 e. The van der Waals surface area contributed by atoms with Crippen molar-refractivity contribution in [3.63, 3.8) is 0 Å². The Morgan fingerprint density at radius 1 is 0.974 bits per heavy atom. The van der Waals surface area contributed by atoms with Crippen LogP contribution < -0.4 is 4.90 Å². The van der Waals surface area contributed by atoms with E-state index in [0.29, 0.717) is 11.4 Å². The van der Waals surface area contributed by atoms with Gasteiger partial charge >= 0.3 is 0 Å². The van der Waals surface area contributed by atoms with Crippen molar-refractivity contribution in [1.29, 1.82) is 0 Å². The average molecular weight is 522 g/mol. The predicted octanol–water partition coefficient (Wildman–Crippen LogP) is 7.95. The number of fused-ring (bicyclic) bond motifs is 1. The molecule has 0 N–H and O–H groups in total. The van der Waals surface area contributed by atoms with Crippen LogP contribution in [0.1, 0.15) is 50.8 Å². The Labute approximate surface area is 230 Å². The monoisotopic (exact) mass is 521 g/mol. The van der Waals surface area contributed by atoms with Crippen LogP contribution in [0.5, 0.6) is 0 Å². The molecule has 0 unspecified atom stereocenters. The summed E-state index contributed by atoms with van der Waals surface area (Å²) in [5, 5.41) is 0.744. The first-order valence-electron chi connectivity index (χ1n) is 13.4. The van der Waals surface area contributed by atoms with Gasteiger partial charge in [0.05, 0.1) is 16.1 Å². The number of benzene rings is 3. The minimum absolute atomic E-state index is 0.0217. The van der Waals surface area contributed by atoms with Gasteiger partial charge in [0.25, 0.3) is 5.91 Å². The second kappa shape index (κ2) is 11.0. The summed E-state index contributed by atoms with van der Waals surface area (Å²) in [5.41, 5.74) is 6.90. The van der Waals surface area contributed by atoms with Gasteiger partial charge in [-0.25, -0.2) is 4.99 Å². The summed E-state index contributed by atoms with van der Waals surface area (Å²) in [6, 6.07) is 26.8. The summed E-state index contributed by atoms with van der Waals surface area (Å²) >= 11 is 1.47. The normalized spacial score (nSPS) is 18.7. The highest BCUT2D eigenvalue weighted by Gasteiger charge is 2.34. The van der Waals surface area contributed by atoms with Crippen molar-refractivity contribution in [2.75, 3.05) is 18.0 Å². The fourth-order valence-electron chi connectivity index (χ4n) is 5.41. The number of rotatable bonds is 7. The third-order valence-corrected chi connectivity index (χ3v) is 8.18. The van der Waals surface area contributed by atoms with E-state index in [0.717, 1.165) is 35.8 Å². The molecule has 0 atom stereocenters. The number of aryl methyl sites for hydroxylation is 1. The summed E-state index contributed by atoms with van der Waals surface area (Å²) < 4.78 is 0. The van der Waals surface area contributed by atoms with Gasteiger partial charge in [-0.15, -0.1) is 0 Å². The van der Waals surface area contributed by atoms with Crippen molar-refractivity contribution < 1.29 is 4.79 Å². The Hall–Kier alpha value is -3.57. The number of carbonyl (C=O) groups excluding carboxylic acids is 1. The van der Waals surface area contributed by atoms with Crippen molar-refractivity contribution in [3.05, 3.63) is 107 Å². The van der Waals surface area contributed by atoms with Gasteiger partial charge < -0.3 is 4.90 Å². The van der Waals surface area contributed by atoms with Crippen LogP contribution in [0.2, 0.25) is 0 Å². The highest BCUT2D eigenvalue weighted by molar-refractivity contribution is 8.18. The van der Waals surface area contributed by atoms with E-state index in [1.165, 1.54) is 34.1 Å². The molecule has 3 aromatic carbocycles. The van der Waals surface area contributed by atoms with Crippen molar-refractivity contribution in [2.45, 2.75) is 46.1 Å². The maximum atomic E-state index is 13.6. The number of amidine groups is 1. The number of nitrogens with zero attached hydrogens (tertiary/aromatic N) is 3. The molecular formula is C33H35N3OS. The molecule has 2 heterocycles. The lowest BCUT2D eigenvalue weighted by atomic mass is 9.88. The molecule has 0 saturated carbocycles. The Morgan fingerprint density at radius 2 is 1.68 bits per heavy atom. The number of hydrogen-bond acceptors (Lipinski definition) is 4. The first-order chi connectivity index (χ1) is 18.4. The molecule has 194 valence electrons. The molecule has 5 rings (SSSR count). The summed E-state index contributed by atoms with van der Waals surface area (Å²) in [6.45, 7) is 10.5. The Balaban J connectivity index is 1.43. The van der Waals surface area contributed by atoms with Crippen LogP contribution in [0, 0.1) is 0 Å². The number of likely N-dealkylation sites (N-methyl/N-ethyl adjacent to an activating group) is 1. The highest BCUT2D eigenvalue weighted by Crippen LogP contribution is 2.40. The van der Waals surface area contributed by atoms with Crippen LogP contribution in [-0.2, 0) is 11.2 Å². The van der Waals surface area contributed by atoms with Crippen LogP contribution in [0.4, 0.5) is 11.4 Å². The molecule has 38 heavy (non-hydrogen) atoms. The molecule has 4 nitrogen and oxygen atoms in total. The lowest BCUT2D eigenvalue weighted by molar-refractivity contribution is -0.122. The number of allylic oxidation sites excluding steroid dienone is 1. The first kappa shape index (κ1) is 26.1. The van der Waals surface area contributed by atoms with Gasteiger partial charge in [-0.2, -0.15) is 0 Å². The fraction of sp³-hybridized carbons (Fsp3) is 0.273. The van der Waals surface area contributed by atoms with Gasteiger partial charge in [-0.05, 0) is 99.3 Å². The van der Waals surface area contributed by atoms with Crippen molar-refractivity contribution in [3.8, 4) is 0 Å². The molecule has 0 spiro atoms. The fourth-order valence-corrected chi connectivity index (χ4v) is 6.43. The average Bonchev–Trinajstić information content (AvgIpc) is 3.19. The van der Waals surface area contributed by atoms with E-state index in [4.69, 9.17) is 4.99 Å². The smallest absolute Gasteiger partial charge is 0.266 e. The Morgan fingerprint density at radius 3 is 2.39 bits per heavy atom. The third kappa shape index (κ3) is 5.48.